The molecular formula is C22H31N5O3. The molecule has 0 saturated carbocycles. The molecule has 2 aliphatic heterocycles. The number of carbonyl (C=O) groups excluding carboxylic acids is 2. The third-order valence-corrected chi connectivity index (χ3v) is 6.69. The summed E-state index contributed by atoms with van der Waals surface area (Å²) in [6.07, 6.45) is 3.49. The van der Waals surface area contributed by atoms with E-state index in [2.05, 4.69) is 10.2 Å². The van der Waals surface area contributed by atoms with Crippen molar-refractivity contribution in [2.24, 2.45) is 5.41 Å². The molecule has 0 N–H and O–H groups in total. The predicted molar refractivity (Wildman–Crippen MR) is 113 cm³/mol. The van der Waals surface area contributed by atoms with E-state index >= 15 is 0 Å². The standard InChI is InChI=1S/C22H31N5O3/c1-3-30-15-14-25-12-6-10-22(21(25)29)11-7-13-26(17(22)2)20(28)16-27-23-18-8-4-5-9-19(18)24-27/h4-5,8-9,17H,3,6-7,10-16H2,1-2H3/t17-,22-/m0/s1. The summed E-state index contributed by atoms with van der Waals surface area (Å²) in [5, 5.41) is 8.83. The van der Waals surface area contributed by atoms with Crippen LogP contribution in [-0.4, -0.2) is 75.5 Å². The number of benzene rings is 1. The summed E-state index contributed by atoms with van der Waals surface area (Å²) in [6.45, 7) is 7.39. The minimum atomic E-state index is -0.485. The van der Waals surface area contributed by atoms with Crippen LogP contribution in [0.4, 0.5) is 0 Å². The maximum Gasteiger partial charge on any atom is 0.246 e. The van der Waals surface area contributed by atoms with E-state index in [4.69, 9.17) is 4.74 Å². The van der Waals surface area contributed by atoms with Crippen molar-refractivity contribution in [3.63, 3.8) is 0 Å². The van der Waals surface area contributed by atoms with Crippen LogP contribution in [0, 0.1) is 5.41 Å². The maximum atomic E-state index is 13.5. The Labute approximate surface area is 177 Å². The lowest BCUT2D eigenvalue weighted by atomic mass is 9.67. The lowest BCUT2D eigenvalue weighted by Crippen LogP contribution is -2.62. The number of amides is 2. The van der Waals surface area contributed by atoms with Crippen molar-refractivity contribution in [3.8, 4) is 0 Å². The zero-order valence-electron chi connectivity index (χ0n) is 17.9. The Morgan fingerprint density at radius 2 is 1.83 bits per heavy atom. The zero-order chi connectivity index (χ0) is 21.1. The normalized spacial score (nSPS) is 24.7. The molecule has 8 heteroatoms. The van der Waals surface area contributed by atoms with Crippen molar-refractivity contribution in [1.82, 2.24) is 24.8 Å². The van der Waals surface area contributed by atoms with Crippen LogP contribution in [0.1, 0.15) is 39.5 Å². The number of ether oxygens (including phenoxy) is 1. The van der Waals surface area contributed by atoms with Gasteiger partial charge in [0, 0.05) is 32.3 Å². The van der Waals surface area contributed by atoms with Gasteiger partial charge in [0.1, 0.15) is 17.6 Å². The second-order valence-electron chi connectivity index (χ2n) is 8.33. The molecule has 2 fully saturated rings. The van der Waals surface area contributed by atoms with Crippen molar-refractivity contribution in [2.75, 3.05) is 32.8 Å². The molecule has 0 unspecified atom stereocenters. The Balaban J connectivity index is 1.48. The minimum Gasteiger partial charge on any atom is -0.380 e. The molecule has 8 nitrogen and oxygen atoms in total. The van der Waals surface area contributed by atoms with Crippen LogP contribution < -0.4 is 0 Å². The average Bonchev–Trinajstić information content (AvgIpc) is 3.15. The molecule has 0 aliphatic carbocycles. The molecule has 2 aromatic rings. The van der Waals surface area contributed by atoms with Gasteiger partial charge in [0.15, 0.2) is 0 Å². The second kappa shape index (κ2) is 8.71. The molecule has 2 aliphatic rings. The van der Waals surface area contributed by atoms with Gasteiger partial charge in [0.05, 0.1) is 12.0 Å². The number of hydrogen-bond acceptors (Lipinski definition) is 5. The number of nitrogens with zero attached hydrogens (tertiary/aromatic N) is 5. The first-order valence-electron chi connectivity index (χ1n) is 11.0. The molecule has 3 heterocycles. The summed E-state index contributed by atoms with van der Waals surface area (Å²) in [7, 11) is 0. The van der Waals surface area contributed by atoms with Crippen molar-refractivity contribution in [1.29, 1.82) is 0 Å². The monoisotopic (exact) mass is 413 g/mol. The first kappa shape index (κ1) is 20.8. The van der Waals surface area contributed by atoms with Crippen LogP contribution in [0.3, 0.4) is 0 Å². The highest BCUT2D eigenvalue weighted by Crippen LogP contribution is 2.44. The van der Waals surface area contributed by atoms with Crippen molar-refractivity contribution < 1.29 is 14.3 Å². The quantitative estimate of drug-likeness (QED) is 0.678. The van der Waals surface area contributed by atoms with E-state index < -0.39 is 5.41 Å². The van der Waals surface area contributed by atoms with Crippen molar-refractivity contribution >= 4 is 22.8 Å². The van der Waals surface area contributed by atoms with E-state index in [1.54, 1.807) is 0 Å². The molecular weight excluding hydrogens is 382 g/mol. The molecule has 0 radical (unpaired) electrons. The second-order valence-corrected chi connectivity index (χ2v) is 8.33. The zero-order valence-corrected chi connectivity index (χ0v) is 17.9. The first-order chi connectivity index (χ1) is 14.5. The number of rotatable bonds is 6. The highest BCUT2D eigenvalue weighted by atomic mass is 16.5. The number of piperidine rings is 2. The highest BCUT2D eigenvalue weighted by molar-refractivity contribution is 5.86. The fraction of sp³-hybridized carbons (Fsp3) is 0.636. The van der Waals surface area contributed by atoms with Gasteiger partial charge in [-0.2, -0.15) is 15.0 Å². The molecule has 4 rings (SSSR count). The maximum absolute atomic E-state index is 13.5. The summed E-state index contributed by atoms with van der Waals surface area (Å²) in [5.41, 5.74) is 1.07. The van der Waals surface area contributed by atoms with Gasteiger partial charge in [-0.05, 0) is 51.7 Å². The van der Waals surface area contributed by atoms with Gasteiger partial charge in [0.25, 0.3) is 0 Å². The summed E-state index contributed by atoms with van der Waals surface area (Å²) < 4.78 is 5.46. The lowest BCUT2D eigenvalue weighted by Gasteiger charge is -2.51. The molecule has 2 atom stereocenters. The van der Waals surface area contributed by atoms with Gasteiger partial charge in [0.2, 0.25) is 11.8 Å². The van der Waals surface area contributed by atoms with E-state index in [0.717, 1.165) is 43.3 Å². The molecule has 1 aromatic carbocycles. The average molecular weight is 414 g/mol. The number of hydrogen-bond donors (Lipinski definition) is 0. The van der Waals surface area contributed by atoms with Crippen LogP contribution in [0.15, 0.2) is 24.3 Å². The highest BCUT2D eigenvalue weighted by Gasteiger charge is 2.52. The molecule has 1 aromatic heterocycles. The smallest absolute Gasteiger partial charge is 0.246 e. The van der Waals surface area contributed by atoms with Gasteiger partial charge < -0.3 is 14.5 Å². The van der Waals surface area contributed by atoms with Crippen LogP contribution >= 0.6 is 0 Å². The van der Waals surface area contributed by atoms with Crippen LogP contribution in [0.5, 0.6) is 0 Å². The number of carbonyl (C=O) groups is 2. The number of aromatic nitrogens is 3. The Bertz CT molecular complexity index is 876. The molecule has 30 heavy (non-hydrogen) atoms. The fourth-order valence-electron chi connectivity index (χ4n) is 5.05. The van der Waals surface area contributed by atoms with E-state index in [1.807, 2.05) is 47.9 Å². The Morgan fingerprint density at radius 1 is 1.17 bits per heavy atom. The number of likely N-dealkylation sites (tertiary alicyclic amines) is 2. The Kier molecular flexibility index (Phi) is 6.04. The number of fused-ring (bicyclic) bond motifs is 1. The summed E-state index contributed by atoms with van der Waals surface area (Å²) in [4.78, 5) is 31.9. The van der Waals surface area contributed by atoms with Crippen LogP contribution in [0.25, 0.3) is 11.0 Å². The van der Waals surface area contributed by atoms with Crippen LogP contribution in [0.2, 0.25) is 0 Å². The molecule has 1 spiro atoms. The van der Waals surface area contributed by atoms with Gasteiger partial charge >= 0.3 is 0 Å². The Hall–Kier alpha value is -2.48. The van der Waals surface area contributed by atoms with Crippen LogP contribution in [-0.2, 0) is 20.9 Å². The van der Waals surface area contributed by atoms with Gasteiger partial charge in [-0.3, -0.25) is 9.59 Å². The Morgan fingerprint density at radius 3 is 2.50 bits per heavy atom. The summed E-state index contributed by atoms with van der Waals surface area (Å²) in [5.74, 6) is 0.155. The fourth-order valence-corrected chi connectivity index (χ4v) is 5.05. The topological polar surface area (TPSA) is 80.6 Å². The molecule has 0 bridgehead atoms. The van der Waals surface area contributed by atoms with E-state index in [1.165, 1.54) is 4.80 Å². The largest absolute Gasteiger partial charge is 0.380 e. The van der Waals surface area contributed by atoms with Gasteiger partial charge in [-0.25, -0.2) is 0 Å². The van der Waals surface area contributed by atoms with E-state index in [9.17, 15) is 9.59 Å². The lowest BCUT2D eigenvalue weighted by molar-refractivity contribution is -0.160. The third kappa shape index (κ3) is 3.80. The third-order valence-electron chi connectivity index (χ3n) is 6.69. The SMILES string of the molecule is CCOCCN1CCC[C@@]2(CCCN(C(=O)Cn3nc4ccccc4n3)[C@H]2C)C1=O. The van der Waals surface area contributed by atoms with Crippen molar-refractivity contribution in [2.45, 2.75) is 52.1 Å². The van der Waals surface area contributed by atoms with E-state index in [0.29, 0.717) is 26.3 Å². The summed E-state index contributed by atoms with van der Waals surface area (Å²) >= 11 is 0. The predicted octanol–water partition coefficient (Wildman–Crippen LogP) is 2.09. The molecule has 162 valence electrons. The van der Waals surface area contributed by atoms with E-state index in [-0.39, 0.29) is 24.4 Å². The minimum absolute atomic E-state index is 0.0267. The molecule has 2 saturated heterocycles. The summed E-state index contributed by atoms with van der Waals surface area (Å²) in [6, 6.07) is 7.46. The van der Waals surface area contributed by atoms with Gasteiger partial charge in [-0.1, -0.05) is 12.1 Å². The first-order valence-corrected chi connectivity index (χ1v) is 11.0. The molecule has 2 amide bonds. The van der Waals surface area contributed by atoms with Gasteiger partial charge in [-0.15, -0.1) is 0 Å². The van der Waals surface area contributed by atoms with Crippen molar-refractivity contribution in [3.05, 3.63) is 24.3 Å².